The average Bonchev–Trinajstić information content (AvgIpc) is 3.47. The van der Waals surface area contributed by atoms with Crippen molar-refractivity contribution >= 4 is 11.6 Å². The smallest absolute Gasteiger partial charge is 0.269 e. The van der Waals surface area contributed by atoms with E-state index < -0.39 is 5.95 Å². The number of hydrogen-bond donors (Lipinski definition) is 1. The number of rotatable bonds is 7. The number of carbonyl (C=O) groups is 1. The van der Waals surface area contributed by atoms with Crippen molar-refractivity contribution in [3.05, 3.63) is 23.8 Å². The van der Waals surface area contributed by atoms with Gasteiger partial charge in [0, 0.05) is 39.8 Å². The van der Waals surface area contributed by atoms with Crippen LogP contribution in [0.1, 0.15) is 50.5 Å². The fourth-order valence-corrected chi connectivity index (χ4v) is 4.50. The van der Waals surface area contributed by atoms with E-state index in [1.54, 1.807) is 12.1 Å². The van der Waals surface area contributed by atoms with Gasteiger partial charge in [0.15, 0.2) is 0 Å². The first-order chi connectivity index (χ1) is 12.9. The molecule has 1 amide bonds. The lowest BCUT2D eigenvalue weighted by molar-refractivity contribution is 0.0957. The van der Waals surface area contributed by atoms with Crippen LogP contribution in [0.4, 0.5) is 10.1 Å². The Morgan fingerprint density at radius 3 is 2.48 bits per heavy atom. The lowest BCUT2D eigenvalue weighted by Gasteiger charge is -2.36. The van der Waals surface area contributed by atoms with E-state index in [1.807, 2.05) is 4.90 Å². The molecule has 1 aliphatic carbocycles. The zero-order valence-electron chi connectivity index (χ0n) is 17.1. The SMILES string of the molecule is CCC(C)(CC)C1CC1CN1CCN(c2ccc(C(=O)NC)nc2F)CC1. The molecule has 27 heavy (non-hydrogen) atoms. The van der Waals surface area contributed by atoms with Gasteiger partial charge in [-0.2, -0.15) is 4.39 Å². The highest BCUT2D eigenvalue weighted by Gasteiger charge is 2.48. The molecular formula is C21H33FN4O. The summed E-state index contributed by atoms with van der Waals surface area (Å²) in [7, 11) is 1.52. The van der Waals surface area contributed by atoms with Gasteiger partial charge in [0.2, 0.25) is 5.95 Å². The zero-order chi connectivity index (χ0) is 19.6. The average molecular weight is 377 g/mol. The van der Waals surface area contributed by atoms with E-state index in [4.69, 9.17) is 0 Å². The van der Waals surface area contributed by atoms with Gasteiger partial charge in [-0.15, -0.1) is 0 Å². The van der Waals surface area contributed by atoms with E-state index in [0.717, 1.165) is 38.0 Å². The van der Waals surface area contributed by atoms with Crippen LogP contribution >= 0.6 is 0 Å². The van der Waals surface area contributed by atoms with Gasteiger partial charge in [-0.3, -0.25) is 9.69 Å². The number of amides is 1. The fourth-order valence-electron chi connectivity index (χ4n) is 4.50. The maximum Gasteiger partial charge on any atom is 0.269 e. The molecule has 1 saturated carbocycles. The van der Waals surface area contributed by atoms with E-state index in [-0.39, 0.29) is 11.6 Å². The third kappa shape index (κ3) is 4.26. The second-order valence-corrected chi connectivity index (χ2v) is 8.34. The fraction of sp³-hybridized carbons (Fsp3) is 0.714. The van der Waals surface area contributed by atoms with Gasteiger partial charge in [-0.05, 0) is 35.8 Å². The third-order valence-electron chi connectivity index (χ3n) is 6.93. The molecule has 150 valence electrons. The first kappa shape index (κ1) is 20.1. The number of nitrogens with zero attached hydrogens (tertiary/aromatic N) is 3. The topological polar surface area (TPSA) is 48.5 Å². The predicted molar refractivity (Wildman–Crippen MR) is 107 cm³/mol. The van der Waals surface area contributed by atoms with Crippen LogP contribution in [0.15, 0.2) is 12.1 Å². The molecule has 0 aromatic carbocycles. The molecule has 2 fully saturated rings. The van der Waals surface area contributed by atoms with Crippen molar-refractivity contribution in [1.82, 2.24) is 15.2 Å². The van der Waals surface area contributed by atoms with Crippen LogP contribution in [-0.2, 0) is 0 Å². The first-order valence-electron chi connectivity index (χ1n) is 10.3. The molecule has 2 atom stereocenters. The molecule has 6 heteroatoms. The first-order valence-corrected chi connectivity index (χ1v) is 10.3. The molecule has 0 spiro atoms. The molecule has 0 radical (unpaired) electrons. The summed E-state index contributed by atoms with van der Waals surface area (Å²) < 4.78 is 14.4. The lowest BCUT2D eigenvalue weighted by atomic mass is 9.79. The summed E-state index contributed by atoms with van der Waals surface area (Å²) in [5.74, 6) is 0.764. The molecule has 3 rings (SSSR count). The van der Waals surface area contributed by atoms with Crippen LogP contribution in [0.2, 0.25) is 0 Å². The summed E-state index contributed by atoms with van der Waals surface area (Å²) in [4.78, 5) is 20.0. The summed E-state index contributed by atoms with van der Waals surface area (Å²) in [6, 6.07) is 3.27. The quantitative estimate of drug-likeness (QED) is 0.743. The molecule has 2 unspecified atom stereocenters. The Morgan fingerprint density at radius 1 is 1.26 bits per heavy atom. The van der Waals surface area contributed by atoms with Crippen molar-refractivity contribution in [2.75, 3.05) is 44.7 Å². The minimum Gasteiger partial charge on any atom is -0.365 e. The Balaban J connectivity index is 1.52. The summed E-state index contributed by atoms with van der Waals surface area (Å²) in [6.45, 7) is 11.7. The largest absolute Gasteiger partial charge is 0.365 e. The number of carbonyl (C=O) groups excluding carboxylic acids is 1. The number of anilines is 1. The summed E-state index contributed by atoms with van der Waals surface area (Å²) in [5.41, 5.74) is 1.11. The van der Waals surface area contributed by atoms with E-state index in [0.29, 0.717) is 11.1 Å². The van der Waals surface area contributed by atoms with Crippen LogP contribution in [0.25, 0.3) is 0 Å². The maximum atomic E-state index is 14.4. The maximum absolute atomic E-state index is 14.4. The minimum absolute atomic E-state index is 0.118. The molecule has 1 aromatic heterocycles. The normalized spacial score (nSPS) is 23.4. The van der Waals surface area contributed by atoms with Gasteiger partial charge in [-0.1, -0.05) is 33.6 Å². The zero-order valence-corrected chi connectivity index (χ0v) is 17.1. The van der Waals surface area contributed by atoms with Crippen LogP contribution < -0.4 is 10.2 Å². The Labute approximate surface area is 162 Å². The second kappa shape index (κ2) is 8.13. The standard InChI is InChI=1S/C21H33FN4O/c1-5-21(3,6-2)16-13-15(16)14-25-9-11-26(12-10-25)18-8-7-17(20(27)23-4)24-19(18)22/h7-8,15-16H,5-6,9-14H2,1-4H3,(H,23,27). The number of halogens is 1. The van der Waals surface area contributed by atoms with Crippen LogP contribution in [0, 0.1) is 23.2 Å². The molecule has 0 bridgehead atoms. The second-order valence-electron chi connectivity index (χ2n) is 8.34. The van der Waals surface area contributed by atoms with Crippen LogP contribution in [0.5, 0.6) is 0 Å². The minimum atomic E-state index is -0.562. The number of nitrogens with one attached hydrogen (secondary N) is 1. The van der Waals surface area contributed by atoms with Gasteiger partial charge in [0.25, 0.3) is 5.91 Å². The van der Waals surface area contributed by atoms with Crippen molar-refractivity contribution < 1.29 is 9.18 Å². The Morgan fingerprint density at radius 2 is 1.93 bits per heavy atom. The summed E-state index contributed by atoms with van der Waals surface area (Å²) in [6.07, 6.45) is 3.88. The number of piperazine rings is 1. The Hall–Kier alpha value is -1.69. The molecule has 1 N–H and O–H groups in total. The molecule has 1 aliphatic heterocycles. The van der Waals surface area contributed by atoms with Gasteiger partial charge < -0.3 is 10.2 Å². The van der Waals surface area contributed by atoms with Gasteiger partial charge in [0.05, 0.1) is 5.69 Å². The molecular weight excluding hydrogens is 343 g/mol. The van der Waals surface area contributed by atoms with Gasteiger partial charge in [0.1, 0.15) is 5.69 Å². The number of hydrogen-bond acceptors (Lipinski definition) is 4. The van der Waals surface area contributed by atoms with Gasteiger partial charge in [-0.25, -0.2) is 4.98 Å². The molecule has 1 aromatic rings. The number of pyridine rings is 1. The molecule has 5 nitrogen and oxygen atoms in total. The highest BCUT2D eigenvalue weighted by Crippen LogP contribution is 2.54. The van der Waals surface area contributed by atoms with Crippen molar-refractivity contribution in [3.8, 4) is 0 Å². The summed E-state index contributed by atoms with van der Waals surface area (Å²) >= 11 is 0. The monoisotopic (exact) mass is 376 g/mol. The van der Waals surface area contributed by atoms with E-state index in [1.165, 1.54) is 32.9 Å². The van der Waals surface area contributed by atoms with Crippen LogP contribution in [-0.4, -0.2) is 55.6 Å². The highest BCUT2D eigenvalue weighted by molar-refractivity contribution is 5.92. The van der Waals surface area contributed by atoms with Crippen LogP contribution in [0.3, 0.4) is 0 Å². The van der Waals surface area contributed by atoms with Crippen molar-refractivity contribution in [3.63, 3.8) is 0 Å². The van der Waals surface area contributed by atoms with E-state index in [2.05, 4.69) is 36.0 Å². The predicted octanol–water partition coefficient (Wildman–Crippen LogP) is 3.16. The number of aromatic nitrogens is 1. The van der Waals surface area contributed by atoms with Crippen molar-refractivity contribution in [2.24, 2.45) is 17.3 Å². The summed E-state index contributed by atoms with van der Waals surface area (Å²) in [5, 5.41) is 2.47. The van der Waals surface area contributed by atoms with Gasteiger partial charge >= 0.3 is 0 Å². The Bertz CT molecular complexity index is 668. The lowest BCUT2D eigenvalue weighted by Crippen LogP contribution is -2.47. The van der Waals surface area contributed by atoms with E-state index in [9.17, 15) is 9.18 Å². The Kier molecular flexibility index (Phi) is 6.04. The molecule has 2 heterocycles. The third-order valence-corrected chi connectivity index (χ3v) is 6.93. The highest BCUT2D eigenvalue weighted by atomic mass is 19.1. The van der Waals surface area contributed by atoms with E-state index >= 15 is 0 Å². The van der Waals surface area contributed by atoms with Crippen molar-refractivity contribution in [1.29, 1.82) is 0 Å². The molecule has 2 aliphatic rings. The van der Waals surface area contributed by atoms with Crippen molar-refractivity contribution in [2.45, 2.75) is 40.0 Å². The molecule has 1 saturated heterocycles.